The molecule has 0 spiro atoms. The SMILES string of the molecule is COC[C@H]1CCCN1C(=O)c1cc(C(=O)N[C@@H](Cc2ccccc2)[C@H](O)CNC2(c3cccc(C(F)(F)F)c3)CCCCC2)ccc1F. The van der Waals surface area contributed by atoms with E-state index in [9.17, 15) is 32.3 Å². The fraction of sp³-hybridized carbons (Fsp3) is 0.459. The first-order valence-corrected chi connectivity index (χ1v) is 16.6. The average Bonchev–Trinajstić information content (AvgIpc) is 3.56. The number of hydrogen-bond acceptors (Lipinski definition) is 5. The largest absolute Gasteiger partial charge is 0.416 e. The Kier molecular flexibility index (Phi) is 11.5. The Hall–Kier alpha value is -3.80. The predicted octanol–water partition coefficient (Wildman–Crippen LogP) is 6.25. The maximum Gasteiger partial charge on any atom is 0.416 e. The van der Waals surface area contributed by atoms with E-state index in [1.54, 1.807) is 18.1 Å². The van der Waals surface area contributed by atoms with Crippen LogP contribution < -0.4 is 10.6 Å². The van der Waals surface area contributed by atoms with Gasteiger partial charge in [0, 0.05) is 31.3 Å². The third-order valence-electron chi connectivity index (χ3n) is 9.63. The maximum atomic E-state index is 15.0. The fourth-order valence-electron chi connectivity index (χ4n) is 7.02. The number of halogens is 4. The number of rotatable bonds is 12. The molecule has 258 valence electrons. The highest BCUT2D eigenvalue weighted by Crippen LogP contribution is 2.39. The first-order chi connectivity index (χ1) is 23.0. The monoisotopic (exact) mass is 669 g/mol. The van der Waals surface area contributed by atoms with Gasteiger partial charge in [0.2, 0.25) is 0 Å². The molecule has 2 amide bonds. The zero-order valence-corrected chi connectivity index (χ0v) is 27.1. The van der Waals surface area contributed by atoms with E-state index in [-0.39, 0.29) is 30.1 Å². The zero-order chi connectivity index (χ0) is 34.3. The molecule has 11 heteroatoms. The molecule has 1 saturated heterocycles. The standard InChI is InChI=1S/C37H43F4N3O4/c1-48-24-29-14-9-19-44(29)35(47)30-21-26(15-16-31(30)38)34(46)43-32(20-25-10-4-2-5-11-25)33(45)23-42-36(17-6-3-7-18-36)27-12-8-13-28(22-27)37(39,40)41/h2,4-5,8,10-13,15-16,21-22,29,32-33,42,45H,3,6-7,9,14,17-20,23-24H2,1H3,(H,43,46)/t29-,32+,33-/m1/s1. The van der Waals surface area contributed by atoms with Crippen molar-refractivity contribution in [2.45, 2.75) is 81.3 Å². The van der Waals surface area contributed by atoms with Gasteiger partial charge in [0.1, 0.15) is 5.82 Å². The zero-order valence-electron chi connectivity index (χ0n) is 27.1. The number of likely N-dealkylation sites (tertiary alicyclic amines) is 1. The van der Waals surface area contributed by atoms with Crippen LogP contribution in [-0.4, -0.2) is 66.8 Å². The molecule has 5 rings (SSSR count). The minimum absolute atomic E-state index is 0.00295. The highest BCUT2D eigenvalue weighted by atomic mass is 19.4. The molecule has 0 radical (unpaired) electrons. The van der Waals surface area contributed by atoms with Gasteiger partial charge >= 0.3 is 6.18 Å². The molecule has 7 nitrogen and oxygen atoms in total. The molecular formula is C37H43F4N3O4. The maximum absolute atomic E-state index is 15.0. The lowest BCUT2D eigenvalue weighted by Gasteiger charge is -2.40. The second-order valence-electron chi connectivity index (χ2n) is 12.9. The normalized spacial score (nSPS) is 19.1. The van der Waals surface area contributed by atoms with Gasteiger partial charge in [0.25, 0.3) is 11.8 Å². The van der Waals surface area contributed by atoms with Crippen LogP contribution in [0.25, 0.3) is 0 Å². The molecule has 2 aliphatic rings. The number of aliphatic hydroxyl groups is 1. The highest BCUT2D eigenvalue weighted by Gasteiger charge is 2.38. The summed E-state index contributed by atoms with van der Waals surface area (Å²) in [5.41, 5.74) is -0.287. The summed E-state index contributed by atoms with van der Waals surface area (Å²) in [5, 5.41) is 17.9. The van der Waals surface area contributed by atoms with Crippen molar-refractivity contribution in [1.29, 1.82) is 0 Å². The summed E-state index contributed by atoms with van der Waals surface area (Å²) in [6.07, 6.45) is -0.0568. The molecule has 1 heterocycles. The van der Waals surface area contributed by atoms with Crippen LogP contribution in [0.3, 0.4) is 0 Å². The number of nitrogens with zero attached hydrogens (tertiary/aromatic N) is 1. The highest BCUT2D eigenvalue weighted by molar-refractivity contribution is 6.00. The lowest BCUT2D eigenvalue weighted by molar-refractivity contribution is -0.137. The van der Waals surface area contributed by atoms with Crippen LogP contribution >= 0.6 is 0 Å². The molecule has 1 saturated carbocycles. The summed E-state index contributed by atoms with van der Waals surface area (Å²) in [4.78, 5) is 28.5. The molecule has 0 bridgehead atoms. The number of methoxy groups -OCH3 is 1. The van der Waals surface area contributed by atoms with Crippen molar-refractivity contribution in [3.63, 3.8) is 0 Å². The van der Waals surface area contributed by atoms with Crippen LogP contribution in [0, 0.1) is 5.82 Å². The molecule has 0 aromatic heterocycles. The van der Waals surface area contributed by atoms with Crippen LogP contribution in [-0.2, 0) is 22.9 Å². The Labute approximate surface area is 278 Å². The number of benzene rings is 3. The van der Waals surface area contributed by atoms with Crippen molar-refractivity contribution >= 4 is 11.8 Å². The number of carbonyl (C=O) groups is 2. The van der Waals surface area contributed by atoms with Crippen molar-refractivity contribution in [1.82, 2.24) is 15.5 Å². The first-order valence-electron chi connectivity index (χ1n) is 16.6. The third kappa shape index (κ3) is 8.43. The number of hydrogen-bond donors (Lipinski definition) is 3. The summed E-state index contributed by atoms with van der Waals surface area (Å²) in [7, 11) is 1.54. The summed E-state index contributed by atoms with van der Waals surface area (Å²) in [6.45, 7) is 0.787. The Bertz CT molecular complexity index is 1550. The predicted molar refractivity (Wildman–Crippen MR) is 174 cm³/mol. The number of ether oxygens (including phenoxy) is 1. The van der Waals surface area contributed by atoms with E-state index in [0.29, 0.717) is 31.6 Å². The Balaban J connectivity index is 1.36. The number of alkyl halides is 3. The van der Waals surface area contributed by atoms with Crippen LogP contribution in [0.1, 0.15) is 82.4 Å². The first kappa shape index (κ1) is 35.5. The molecule has 0 unspecified atom stereocenters. The molecule has 3 N–H and O–H groups in total. The molecule has 2 fully saturated rings. The van der Waals surface area contributed by atoms with Crippen molar-refractivity contribution in [2.75, 3.05) is 26.8 Å². The quantitative estimate of drug-likeness (QED) is 0.199. The molecule has 48 heavy (non-hydrogen) atoms. The average molecular weight is 670 g/mol. The second kappa shape index (κ2) is 15.6. The lowest BCUT2D eigenvalue weighted by Crippen LogP contribution is -2.53. The lowest BCUT2D eigenvalue weighted by atomic mass is 9.76. The molecule has 3 aromatic rings. The van der Waals surface area contributed by atoms with E-state index in [0.717, 1.165) is 49.8 Å². The third-order valence-corrected chi connectivity index (χ3v) is 9.63. The van der Waals surface area contributed by atoms with Crippen LogP contribution in [0.2, 0.25) is 0 Å². The van der Waals surface area contributed by atoms with Gasteiger partial charge in [-0.2, -0.15) is 13.2 Å². The van der Waals surface area contributed by atoms with Crippen molar-refractivity contribution in [3.05, 3.63) is 106 Å². The molecule has 1 aliphatic carbocycles. The Morgan fingerprint density at radius 2 is 1.75 bits per heavy atom. The second-order valence-corrected chi connectivity index (χ2v) is 12.9. The Morgan fingerprint density at radius 1 is 1.00 bits per heavy atom. The van der Waals surface area contributed by atoms with Crippen molar-refractivity contribution in [3.8, 4) is 0 Å². The fourth-order valence-corrected chi connectivity index (χ4v) is 7.02. The van der Waals surface area contributed by atoms with Crippen molar-refractivity contribution < 1.29 is 37.0 Å². The van der Waals surface area contributed by atoms with E-state index < -0.39 is 47.1 Å². The number of amides is 2. The van der Waals surface area contributed by atoms with Gasteiger partial charge in [-0.25, -0.2) is 4.39 Å². The number of nitrogens with one attached hydrogen (secondary N) is 2. The van der Waals surface area contributed by atoms with E-state index in [4.69, 9.17) is 4.74 Å². The van der Waals surface area contributed by atoms with Gasteiger partial charge in [-0.1, -0.05) is 61.7 Å². The topological polar surface area (TPSA) is 90.9 Å². The molecule has 3 aromatic carbocycles. The van der Waals surface area contributed by atoms with Gasteiger partial charge < -0.3 is 25.4 Å². The van der Waals surface area contributed by atoms with Gasteiger partial charge in [0.15, 0.2) is 0 Å². The van der Waals surface area contributed by atoms with Gasteiger partial charge in [-0.05, 0) is 73.6 Å². The minimum atomic E-state index is -4.48. The number of carbonyl (C=O) groups excluding carboxylic acids is 2. The summed E-state index contributed by atoms with van der Waals surface area (Å²) < 4.78 is 61.0. The van der Waals surface area contributed by atoms with Gasteiger partial charge in [-0.3, -0.25) is 9.59 Å². The summed E-state index contributed by atoms with van der Waals surface area (Å²) in [5.74, 6) is -1.85. The Morgan fingerprint density at radius 3 is 2.46 bits per heavy atom. The van der Waals surface area contributed by atoms with Gasteiger partial charge in [-0.15, -0.1) is 0 Å². The van der Waals surface area contributed by atoms with Gasteiger partial charge in [0.05, 0.1) is 35.9 Å². The summed E-state index contributed by atoms with van der Waals surface area (Å²) in [6, 6.07) is 17.2. The van der Waals surface area contributed by atoms with Crippen LogP contribution in [0.5, 0.6) is 0 Å². The minimum Gasteiger partial charge on any atom is -0.390 e. The molecule has 1 aliphatic heterocycles. The summed E-state index contributed by atoms with van der Waals surface area (Å²) >= 11 is 0. The van der Waals surface area contributed by atoms with Crippen molar-refractivity contribution in [2.24, 2.45) is 0 Å². The van der Waals surface area contributed by atoms with E-state index >= 15 is 0 Å². The molecule has 3 atom stereocenters. The molecular weight excluding hydrogens is 626 g/mol. The van der Waals surface area contributed by atoms with E-state index in [1.807, 2.05) is 30.3 Å². The van der Waals surface area contributed by atoms with Crippen LogP contribution in [0.15, 0.2) is 72.8 Å². The number of aliphatic hydroxyl groups excluding tert-OH is 1. The van der Waals surface area contributed by atoms with E-state index in [2.05, 4.69) is 10.6 Å². The smallest absolute Gasteiger partial charge is 0.390 e. The van der Waals surface area contributed by atoms with E-state index in [1.165, 1.54) is 24.3 Å². The van der Waals surface area contributed by atoms with Crippen LogP contribution in [0.4, 0.5) is 17.6 Å².